The Balaban J connectivity index is 2.01. The largest absolute Gasteiger partial charge is 0.316 e. The van der Waals surface area contributed by atoms with Crippen LogP contribution in [0.1, 0.15) is 33.1 Å². The second-order valence-corrected chi connectivity index (χ2v) is 5.06. The van der Waals surface area contributed by atoms with E-state index < -0.39 is 0 Å². The van der Waals surface area contributed by atoms with E-state index in [4.69, 9.17) is 11.6 Å². The third kappa shape index (κ3) is 4.32. The summed E-state index contributed by atoms with van der Waals surface area (Å²) in [5.74, 6) is 1.76. The molecule has 1 aliphatic rings. The van der Waals surface area contributed by atoms with Crippen LogP contribution in [0.2, 0.25) is 0 Å². The molecule has 1 fully saturated rings. The molecule has 1 saturated carbocycles. The third-order valence-electron chi connectivity index (χ3n) is 2.50. The highest BCUT2D eigenvalue weighted by Gasteiger charge is 2.22. The lowest BCUT2D eigenvalue weighted by molar-refractivity contribution is 0.328. The molecule has 0 bridgehead atoms. The van der Waals surface area contributed by atoms with E-state index in [0.29, 0.717) is 5.41 Å². The second kappa shape index (κ2) is 4.48. The average molecular weight is 190 g/mol. The summed E-state index contributed by atoms with van der Waals surface area (Å²) in [7, 11) is 0. The molecular formula is C10H20ClN. The van der Waals surface area contributed by atoms with Crippen molar-refractivity contribution in [2.45, 2.75) is 33.1 Å². The molecule has 0 unspecified atom stereocenters. The van der Waals surface area contributed by atoms with Gasteiger partial charge in [-0.25, -0.2) is 0 Å². The van der Waals surface area contributed by atoms with E-state index in [2.05, 4.69) is 19.2 Å². The van der Waals surface area contributed by atoms with Gasteiger partial charge in [-0.1, -0.05) is 13.8 Å². The van der Waals surface area contributed by atoms with Gasteiger partial charge in [0.05, 0.1) is 0 Å². The Labute approximate surface area is 80.9 Å². The molecule has 72 valence electrons. The van der Waals surface area contributed by atoms with Gasteiger partial charge in [0.25, 0.3) is 0 Å². The average Bonchev–Trinajstić information content (AvgIpc) is 2.70. The van der Waals surface area contributed by atoms with Gasteiger partial charge in [0.1, 0.15) is 0 Å². The van der Waals surface area contributed by atoms with Crippen LogP contribution in [0, 0.1) is 11.3 Å². The van der Waals surface area contributed by atoms with Crippen LogP contribution in [0.5, 0.6) is 0 Å². The van der Waals surface area contributed by atoms with Crippen LogP contribution in [0.3, 0.4) is 0 Å². The fourth-order valence-electron chi connectivity index (χ4n) is 1.28. The van der Waals surface area contributed by atoms with Crippen molar-refractivity contribution in [3.8, 4) is 0 Å². The number of hydrogen-bond donors (Lipinski definition) is 1. The number of nitrogens with one attached hydrogen (secondary N) is 1. The van der Waals surface area contributed by atoms with Crippen LogP contribution in [0.4, 0.5) is 0 Å². The first kappa shape index (κ1) is 10.3. The normalized spacial score (nSPS) is 18.2. The lowest BCUT2D eigenvalue weighted by Gasteiger charge is -2.23. The molecule has 0 radical (unpaired) electrons. The molecule has 0 spiro atoms. The van der Waals surface area contributed by atoms with E-state index in [1.807, 2.05) is 0 Å². The first-order valence-electron chi connectivity index (χ1n) is 4.91. The number of rotatable bonds is 6. The summed E-state index contributed by atoms with van der Waals surface area (Å²) in [5, 5.41) is 3.51. The summed E-state index contributed by atoms with van der Waals surface area (Å²) >= 11 is 5.71. The van der Waals surface area contributed by atoms with Crippen LogP contribution in [0.25, 0.3) is 0 Å². The van der Waals surface area contributed by atoms with E-state index in [9.17, 15) is 0 Å². The van der Waals surface area contributed by atoms with Gasteiger partial charge in [0, 0.05) is 12.4 Å². The molecule has 0 aliphatic heterocycles. The maximum atomic E-state index is 5.71. The van der Waals surface area contributed by atoms with Crippen molar-refractivity contribution in [3.05, 3.63) is 0 Å². The first-order valence-corrected chi connectivity index (χ1v) is 5.44. The smallest absolute Gasteiger partial charge is 0.0229 e. The van der Waals surface area contributed by atoms with Gasteiger partial charge < -0.3 is 5.32 Å². The monoisotopic (exact) mass is 189 g/mol. The van der Waals surface area contributed by atoms with Crippen molar-refractivity contribution < 1.29 is 0 Å². The van der Waals surface area contributed by atoms with Gasteiger partial charge in [-0.05, 0) is 37.1 Å². The Kier molecular flexibility index (Phi) is 3.85. The van der Waals surface area contributed by atoms with Crippen molar-refractivity contribution in [1.29, 1.82) is 0 Å². The van der Waals surface area contributed by atoms with Gasteiger partial charge in [0.2, 0.25) is 0 Å². The minimum Gasteiger partial charge on any atom is -0.316 e. The molecule has 1 aliphatic carbocycles. The van der Waals surface area contributed by atoms with Crippen LogP contribution >= 0.6 is 11.6 Å². The number of hydrogen-bond acceptors (Lipinski definition) is 1. The van der Waals surface area contributed by atoms with Gasteiger partial charge in [0.15, 0.2) is 0 Å². The molecule has 0 amide bonds. The summed E-state index contributed by atoms with van der Waals surface area (Å²) in [5.41, 5.74) is 0.372. The lowest BCUT2D eigenvalue weighted by Crippen LogP contribution is -2.31. The topological polar surface area (TPSA) is 12.0 Å². The van der Waals surface area contributed by atoms with E-state index in [1.165, 1.54) is 19.4 Å². The van der Waals surface area contributed by atoms with E-state index >= 15 is 0 Å². The van der Waals surface area contributed by atoms with Crippen molar-refractivity contribution in [2.75, 3.05) is 19.0 Å². The zero-order valence-corrected chi connectivity index (χ0v) is 8.95. The van der Waals surface area contributed by atoms with Crippen LogP contribution in [0.15, 0.2) is 0 Å². The quantitative estimate of drug-likeness (QED) is 0.634. The zero-order valence-electron chi connectivity index (χ0n) is 8.20. The maximum Gasteiger partial charge on any atom is 0.0229 e. The number of alkyl halides is 1. The van der Waals surface area contributed by atoms with Crippen LogP contribution in [-0.2, 0) is 0 Å². The summed E-state index contributed by atoms with van der Waals surface area (Å²) < 4.78 is 0. The summed E-state index contributed by atoms with van der Waals surface area (Å²) in [6.45, 7) is 6.87. The SMILES string of the molecule is CC(C)(CCCl)CNCC1CC1. The Morgan fingerprint density at radius 1 is 1.42 bits per heavy atom. The van der Waals surface area contributed by atoms with E-state index in [-0.39, 0.29) is 0 Å². The molecule has 12 heavy (non-hydrogen) atoms. The van der Waals surface area contributed by atoms with Crippen molar-refractivity contribution in [2.24, 2.45) is 11.3 Å². The third-order valence-corrected chi connectivity index (χ3v) is 2.69. The van der Waals surface area contributed by atoms with Crippen LogP contribution < -0.4 is 5.32 Å². The molecule has 2 heteroatoms. The minimum absolute atomic E-state index is 0.372. The molecule has 1 nitrogen and oxygen atoms in total. The Morgan fingerprint density at radius 2 is 2.08 bits per heavy atom. The summed E-state index contributed by atoms with van der Waals surface area (Å²) in [6, 6.07) is 0. The molecule has 0 heterocycles. The molecule has 0 aromatic carbocycles. The van der Waals surface area contributed by atoms with Gasteiger partial charge in [-0.3, -0.25) is 0 Å². The van der Waals surface area contributed by atoms with Gasteiger partial charge >= 0.3 is 0 Å². The molecule has 0 aromatic rings. The fourth-order valence-corrected chi connectivity index (χ4v) is 1.79. The van der Waals surface area contributed by atoms with Crippen molar-refractivity contribution >= 4 is 11.6 Å². The Bertz CT molecular complexity index is 130. The van der Waals surface area contributed by atoms with Gasteiger partial charge in [-0.2, -0.15) is 0 Å². The van der Waals surface area contributed by atoms with Crippen LogP contribution in [-0.4, -0.2) is 19.0 Å². The fraction of sp³-hybridized carbons (Fsp3) is 1.00. The molecule has 0 saturated heterocycles. The predicted molar refractivity (Wildman–Crippen MR) is 54.7 cm³/mol. The predicted octanol–water partition coefficient (Wildman–Crippen LogP) is 2.64. The Morgan fingerprint density at radius 3 is 2.58 bits per heavy atom. The molecular weight excluding hydrogens is 170 g/mol. The zero-order chi connectivity index (χ0) is 9.03. The molecule has 1 N–H and O–H groups in total. The highest BCUT2D eigenvalue weighted by molar-refractivity contribution is 6.17. The van der Waals surface area contributed by atoms with Crippen molar-refractivity contribution in [1.82, 2.24) is 5.32 Å². The summed E-state index contributed by atoms with van der Waals surface area (Å²) in [6.07, 6.45) is 3.97. The second-order valence-electron chi connectivity index (χ2n) is 4.68. The molecule has 0 aromatic heterocycles. The molecule has 0 atom stereocenters. The summed E-state index contributed by atoms with van der Waals surface area (Å²) in [4.78, 5) is 0. The number of halogens is 1. The maximum absolute atomic E-state index is 5.71. The van der Waals surface area contributed by atoms with E-state index in [1.54, 1.807) is 0 Å². The standard InChI is InChI=1S/C10H20ClN/c1-10(2,5-6-11)8-12-7-9-3-4-9/h9,12H,3-8H2,1-2H3. The van der Waals surface area contributed by atoms with E-state index in [0.717, 1.165) is 24.8 Å². The first-order chi connectivity index (χ1) is 5.64. The van der Waals surface area contributed by atoms with Gasteiger partial charge in [-0.15, -0.1) is 11.6 Å². The minimum atomic E-state index is 0.372. The lowest BCUT2D eigenvalue weighted by atomic mass is 9.90. The van der Waals surface area contributed by atoms with Crippen molar-refractivity contribution in [3.63, 3.8) is 0 Å². The Hall–Kier alpha value is 0.250. The highest BCUT2D eigenvalue weighted by Crippen LogP contribution is 2.28. The molecule has 1 rings (SSSR count). The highest BCUT2D eigenvalue weighted by atomic mass is 35.5.